The number of rotatable bonds is 5. The zero-order valence-corrected chi connectivity index (χ0v) is 8.90. The first-order valence-corrected chi connectivity index (χ1v) is 5.28. The van der Waals surface area contributed by atoms with Crippen LogP contribution in [0.4, 0.5) is 0 Å². The van der Waals surface area contributed by atoms with E-state index < -0.39 is 0 Å². The Morgan fingerprint density at radius 2 is 2.38 bits per heavy atom. The van der Waals surface area contributed by atoms with Gasteiger partial charge < -0.3 is 11.1 Å². The van der Waals surface area contributed by atoms with Gasteiger partial charge in [0, 0.05) is 19.1 Å². The summed E-state index contributed by atoms with van der Waals surface area (Å²) in [5.41, 5.74) is 6.59. The Balaban J connectivity index is 2.44. The maximum absolute atomic E-state index is 5.49. The molecule has 0 aliphatic rings. The Hall–Kier alpha value is -0.520. The van der Waals surface area contributed by atoms with Gasteiger partial charge in [0.2, 0.25) is 0 Å². The number of hydrogen-bond donors (Lipinski definition) is 2. The molecule has 74 valence electrons. The molecule has 0 radical (unpaired) electrons. The van der Waals surface area contributed by atoms with Gasteiger partial charge in [-0.15, -0.1) is 5.10 Å². The summed E-state index contributed by atoms with van der Waals surface area (Å²) in [5, 5.41) is 7.35. The summed E-state index contributed by atoms with van der Waals surface area (Å²) in [7, 11) is 0. The van der Waals surface area contributed by atoms with E-state index in [0.29, 0.717) is 12.6 Å². The molecule has 1 aromatic rings. The second-order valence-corrected chi connectivity index (χ2v) is 3.85. The van der Waals surface area contributed by atoms with Gasteiger partial charge in [0.05, 0.1) is 10.6 Å². The summed E-state index contributed by atoms with van der Waals surface area (Å²) in [5.74, 6) is 0. The molecule has 13 heavy (non-hydrogen) atoms. The van der Waals surface area contributed by atoms with E-state index in [0.717, 1.165) is 18.7 Å². The van der Waals surface area contributed by atoms with Gasteiger partial charge in [0.1, 0.15) is 0 Å². The van der Waals surface area contributed by atoms with E-state index in [2.05, 4.69) is 28.8 Å². The molecular formula is C8H16N4S. The average molecular weight is 200 g/mol. The molecule has 0 aliphatic heterocycles. The van der Waals surface area contributed by atoms with Crippen molar-refractivity contribution in [3.05, 3.63) is 10.6 Å². The van der Waals surface area contributed by atoms with Crippen molar-refractivity contribution >= 4 is 11.5 Å². The minimum atomic E-state index is 0.354. The molecular weight excluding hydrogens is 184 g/mol. The van der Waals surface area contributed by atoms with Gasteiger partial charge in [-0.1, -0.05) is 11.4 Å². The quantitative estimate of drug-likeness (QED) is 0.728. The van der Waals surface area contributed by atoms with Gasteiger partial charge in [-0.2, -0.15) is 0 Å². The van der Waals surface area contributed by atoms with Crippen LogP contribution in [0, 0.1) is 0 Å². The van der Waals surface area contributed by atoms with Gasteiger partial charge in [0.25, 0.3) is 0 Å². The Kier molecular flexibility index (Phi) is 4.27. The molecule has 5 heteroatoms. The third-order valence-corrected chi connectivity index (χ3v) is 2.70. The van der Waals surface area contributed by atoms with E-state index >= 15 is 0 Å². The number of nitrogens with one attached hydrogen (secondary N) is 1. The first kappa shape index (κ1) is 10.6. The van der Waals surface area contributed by atoms with Crippen LogP contribution >= 0.6 is 11.5 Å². The van der Waals surface area contributed by atoms with E-state index in [-0.39, 0.29) is 0 Å². The minimum Gasteiger partial charge on any atom is -0.329 e. The predicted molar refractivity (Wildman–Crippen MR) is 54.6 cm³/mol. The van der Waals surface area contributed by atoms with E-state index in [1.54, 1.807) is 0 Å². The topological polar surface area (TPSA) is 63.8 Å². The zero-order chi connectivity index (χ0) is 9.68. The zero-order valence-electron chi connectivity index (χ0n) is 8.08. The van der Waals surface area contributed by atoms with Crippen molar-refractivity contribution < 1.29 is 0 Å². The highest BCUT2D eigenvalue weighted by atomic mass is 32.1. The second-order valence-electron chi connectivity index (χ2n) is 3.01. The monoisotopic (exact) mass is 200 g/mol. The van der Waals surface area contributed by atoms with Crippen LogP contribution in [0.2, 0.25) is 0 Å². The number of aromatic nitrogens is 2. The highest BCUT2D eigenvalue weighted by Crippen LogP contribution is 2.10. The average Bonchev–Trinajstić information content (AvgIpc) is 2.61. The SMILES string of the molecule is CCc1nnsc1CNC(C)CN. The van der Waals surface area contributed by atoms with Crippen molar-refractivity contribution in [2.75, 3.05) is 6.54 Å². The van der Waals surface area contributed by atoms with Crippen LogP contribution < -0.4 is 11.1 Å². The van der Waals surface area contributed by atoms with Gasteiger partial charge in [0.15, 0.2) is 0 Å². The fourth-order valence-corrected chi connectivity index (χ4v) is 1.66. The fourth-order valence-electron chi connectivity index (χ4n) is 0.980. The van der Waals surface area contributed by atoms with Crippen molar-refractivity contribution in [1.82, 2.24) is 14.9 Å². The third-order valence-electron chi connectivity index (χ3n) is 1.93. The lowest BCUT2D eigenvalue weighted by Crippen LogP contribution is -2.32. The lowest BCUT2D eigenvalue weighted by molar-refractivity contribution is 0.558. The van der Waals surface area contributed by atoms with E-state index in [4.69, 9.17) is 5.73 Å². The maximum atomic E-state index is 5.49. The number of aryl methyl sites for hydroxylation is 1. The molecule has 1 unspecified atom stereocenters. The standard InChI is InChI=1S/C8H16N4S/c1-3-7-8(13-12-11-7)5-10-6(2)4-9/h6,10H,3-5,9H2,1-2H3. The van der Waals surface area contributed by atoms with E-state index in [1.807, 2.05) is 0 Å². The second kappa shape index (κ2) is 5.26. The Bertz CT molecular complexity index is 248. The molecule has 1 atom stereocenters. The molecule has 0 fully saturated rings. The minimum absolute atomic E-state index is 0.354. The van der Waals surface area contributed by atoms with Crippen molar-refractivity contribution in [2.45, 2.75) is 32.9 Å². The number of hydrogen-bond acceptors (Lipinski definition) is 5. The first-order valence-electron chi connectivity index (χ1n) is 4.51. The van der Waals surface area contributed by atoms with Gasteiger partial charge in [-0.3, -0.25) is 0 Å². The highest BCUT2D eigenvalue weighted by molar-refractivity contribution is 7.05. The first-order chi connectivity index (χ1) is 6.27. The summed E-state index contributed by atoms with van der Waals surface area (Å²) >= 11 is 1.46. The molecule has 0 amide bonds. The lowest BCUT2D eigenvalue weighted by atomic mass is 10.3. The molecule has 0 saturated heterocycles. The molecule has 0 aliphatic carbocycles. The largest absolute Gasteiger partial charge is 0.329 e. The molecule has 0 bridgehead atoms. The number of nitrogens with two attached hydrogens (primary N) is 1. The normalized spacial score (nSPS) is 13.2. The van der Waals surface area contributed by atoms with E-state index in [9.17, 15) is 0 Å². The maximum Gasteiger partial charge on any atom is 0.0797 e. The molecule has 0 saturated carbocycles. The van der Waals surface area contributed by atoms with Crippen LogP contribution in [-0.2, 0) is 13.0 Å². The summed E-state index contributed by atoms with van der Waals surface area (Å²) in [6, 6.07) is 0.354. The molecule has 1 rings (SSSR count). The highest BCUT2D eigenvalue weighted by Gasteiger charge is 2.06. The van der Waals surface area contributed by atoms with Gasteiger partial charge in [-0.25, -0.2) is 0 Å². The Morgan fingerprint density at radius 1 is 1.62 bits per heavy atom. The Labute approximate surface area is 82.7 Å². The van der Waals surface area contributed by atoms with Crippen LogP contribution in [0.1, 0.15) is 24.4 Å². The van der Waals surface area contributed by atoms with Crippen LogP contribution in [0.5, 0.6) is 0 Å². The summed E-state index contributed by atoms with van der Waals surface area (Å²) in [4.78, 5) is 1.22. The number of nitrogens with zero attached hydrogens (tertiary/aromatic N) is 2. The summed E-state index contributed by atoms with van der Waals surface area (Å²) < 4.78 is 3.92. The van der Waals surface area contributed by atoms with Crippen molar-refractivity contribution in [3.63, 3.8) is 0 Å². The lowest BCUT2D eigenvalue weighted by Gasteiger charge is -2.09. The fraction of sp³-hybridized carbons (Fsp3) is 0.750. The van der Waals surface area contributed by atoms with E-state index in [1.165, 1.54) is 16.4 Å². The van der Waals surface area contributed by atoms with Crippen LogP contribution in [0.15, 0.2) is 0 Å². The summed E-state index contributed by atoms with van der Waals surface area (Å²) in [6.07, 6.45) is 0.949. The van der Waals surface area contributed by atoms with Gasteiger partial charge in [-0.05, 0) is 24.9 Å². The van der Waals surface area contributed by atoms with Crippen LogP contribution in [0.3, 0.4) is 0 Å². The summed E-state index contributed by atoms with van der Waals surface area (Å²) in [6.45, 7) is 5.65. The smallest absolute Gasteiger partial charge is 0.0797 e. The molecule has 4 nitrogen and oxygen atoms in total. The van der Waals surface area contributed by atoms with Gasteiger partial charge >= 0.3 is 0 Å². The van der Waals surface area contributed by atoms with Crippen LogP contribution in [-0.4, -0.2) is 22.2 Å². The molecule has 0 spiro atoms. The van der Waals surface area contributed by atoms with Crippen LogP contribution in [0.25, 0.3) is 0 Å². The predicted octanol–water partition coefficient (Wildman–Crippen LogP) is 0.537. The molecule has 1 heterocycles. The van der Waals surface area contributed by atoms with Crippen molar-refractivity contribution in [1.29, 1.82) is 0 Å². The molecule has 3 N–H and O–H groups in total. The third kappa shape index (κ3) is 3.02. The van der Waals surface area contributed by atoms with Crippen molar-refractivity contribution in [2.24, 2.45) is 5.73 Å². The molecule has 1 aromatic heterocycles. The molecule has 0 aromatic carbocycles. The van der Waals surface area contributed by atoms with Crippen molar-refractivity contribution in [3.8, 4) is 0 Å². The Morgan fingerprint density at radius 3 is 3.00 bits per heavy atom.